The highest BCUT2D eigenvalue weighted by molar-refractivity contribution is 7.89. The summed E-state index contributed by atoms with van der Waals surface area (Å²) in [6, 6.07) is 3.44. The standard InChI is InChI=1S/C13H20N4O3S/c1-11(2)15-9-12-3-4-13(20-12)21(18,19)16-6-8-17-7-5-14-10-17/h3-5,7,10-11,15-16H,6,8-9H2,1-2H3. The molecule has 0 fully saturated rings. The summed E-state index contributed by atoms with van der Waals surface area (Å²) in [4.78, 5) is 3.89. The van der Waals surface area contributed by atoms with Gasteiger partial charge in [-0.25, -0.2) is 18.1 Å². The van der Waals surface area contributed by atoms with Gasteiger partial charge in [-0.3, -0.25) is 0 Å². The quantitative estimate of drug-likeness (QED) is 0.757. The molecule has 0 bridgehead atoms. The first-order valence-corrected chi connectivity index (χ1v) is 8.23. The Morgan fingerprint density at radius 3 is 2.86 bits per heavy atom. The topological polar surface area (TPSA) is 89.2 Å². The molecule has 0 saturated heterocycles. The Hall–Kier alpha value is -1.64. The Labute approximate surface area is 124 Å². The van der Waals surface area contributed by atoms with E-state index in [1.165, 1.54) is 6.07 Å². The minimum absolute atomic E-state index is 0.0614. The molecule has 116 valence electrons. The van der Waals surface area contributed by atoms with Gasteiger partial charge in [0.25, 0.3) is 10.0 Å². The minimum Gasteiger partial charge on any atom is -0.447 e. The van der Waals surface area contributed by atoms with Crippen molar-refractivity contribution in [2.75, 3.05) is 6.54 Å². The first-order valence-electron chi connectivity index (χ1n) is 6.75. The number of rotatable bonds is 8. The Morgan fingerprint density at radius 1 is 1.38 bits per heavy atom. The van der Waals surface area contributed by atoms with Gasteiger partial charge in [0.1, 0.15) is 5.76 Å². The molecule has 2 aromatic heterocycles. The van der Waals surface area contributed by atoms with Crippen LogP contribution in [-0.4, -0.2) is 30.6 Å². The molecule has 0 atom stereocenters. The maximum atomic E-state index is 12.1. The molecule has 0 aliphatic carbocycles. The third kappa shape index (κ3) is 4.69. The highest BCUT2D eigenvalue weighted by Gasteiger charge is 2.18. The van der Waals surface area contributed by atoms with Gasteiger partial charge in [0.15, 0.2) is 0 Å². The van der Waals surface area contributed by atoms with Crippen LogP contribution in [0.1, 0.15) is 19.6 Å². The van der Waals surface area contributed by atoms with Crippen molar-refractivity contribution in [2.24, 2.45) is 0 Å². The van der Waals surface area contributed by atoms with Crippen molar-refractivity contribution in [3.63, 3.8) is 0 Å². The van der Waals surface area contributed by atoms with Crippen LogP contribution in [0.5, 0.6) is 0 Å². The highest BCUT2D eigenvalue weighted by atomic mass is 32.2. The van der Waals surface area contributed by atoms with Gasteiger partial charge in [0.2, 0.25) is 5.09 Å². The largest absolute Gasteiger partial charge is 0.447 e. The lowest BCUT2D eigenvalue weighted by molar-refractivity contribution is 0.393. The van der Waals surface area contributed by atoms with E-state index in [9.17, 15) is 8.42 Å². The fraction of sp³-hybridized carbons (Fsp3) is 0.462. The molecule has 0 saturated carbocycles. The number of hydrogen-bond donors (Lipinski definition) is 2. The van der Waals surface area contributed by atoms with E-state index in [-0.39, 0.29) is 11.6 Å². The Bertz CT molecular complexity index is 647. The molecule has 8 heteroatoms. The summed E-state index contributed by atoms with van der Waals surface area (Å²) in [5.41, 5.74) is 0. The molecular formula is C13H20N4O3S. The number of aromatic nitrogens is 2. The molecular weight excluding hydrogens is 292 g/mol. The van der Waals surface area contributed by atoms with Crippen LogP contribution in [0.25, 0.3) is 0 Å². The lowest BCUT2D eigenvalue weighted by Crippen LogP contribution is -2.27. The molecule has 0 aromatic carbocycles. The van der Waals surface area contributed by atoms with Crippen LogP contribution in [0.3, 0.4) is 0 Å². The van der Waals surface area contributed by atoms with Gasteiger partial charge in [-0.05, 0) is 12.1 Å². The molecule has 2 aromatic rings. The molecule has 0 amide bonds. The van der Waals surface area contributed by atoms with Gasteiger partial charge >= 0.3 is 0 Å². The van der Waals surface area contributed by atoms with E-state index in [4.69, 9.17) is 4.42 Å². The van der Waals surface area contributed by atoms with Crippen molar-refractivity contribution < 1.29 is 12.8 Å². The lowest BCUT2D eigenvalue weighted by Gasteiger charge is -2.06. The molecule has 0 aliphatic heterocycles. The van der Waals surface area contributed by atoms with E-state index < -0.39 is 10.0 Å². The summed E-state index contributed by atoms with van der Waals surface area (Å²) in [7, 11) is -3.61. The summed E-state index contributed by atoms with van der Waals surface area (Å²) in [6.07, 6.45) is 5.06. The molecule has 0 aliphatic rings. The van der Waals surface area contributed by atoms with Gasteiger partial charge in [0.05, 0.1) is 12.9 Å². The Morgan fingerprint density at radius 2 is 2.19 bits per heavy atom. The summed E-state index contributed by atoms with van der Waals surface area (Å²) >= 11 is 0. The third-order valence-electron chi connectivity index (χ3n) is 2.81. The molecule has 21 heavy (non-hydrogen) atoms. The summed E-state index contributed by atoms with van der Waals surface area (Å²) in [5, 5.41) is 3.11. The zero-order valence-electron chi connectivity index (χ0n) is 12.1. The number of furan rings is 1. The van der Waals surface area contributed by atoms with Crippen molar-refractivity contribution in [1.82, 2.24) is 19.6 Å². The fourth-order valence-corrected chi connectivity index (χ4v) is 2.67. The molecule has 0 spiro atoms. The number of imidazole rings is 1. The second kappa shape index (κ2) is 6.88. The van der Waals surface area contributed by atoms with Crippen LogP contribution in [-0.2, 0) is 23.1 Å². The summed E-state index contributed by atoms with van der Waals surface area (Å²) in [6.45, 7) is 5.32. The average molecular weight is 312 g/mol. The monoisotopic (exact) mass is 312 g/mol. The maximum absolute atomic E-state index is 12.1. The predicted molar refractivity (Wildman–Crippen MR) is 78.1 cm³/mol. The van der Waals surface area contributed by atoms with Gasteiger partial charge in [0, 0.05) is 31.5 Å². The van der Waals surface area contributed by atoms with Gasteiger partial charge in [-0.2, -0.15) is 0 Å². The number of sulfonamides is 1. The first-order chi connectivity index (χ1) is 9.97. The van der Waals surface area contributed by atoms with Crippen molar-refractivity contribution in [3.05, 3.63) is 36.6 Å². The Balaban J connectivity index is 1.89. The molecule has 2 N–H and O–H groups in total. The fourth-order valence-electron chi connectivity index (χ4n) is 1.70. The molecule has 0 unspecified atom stereocenters. The van der Waals surface area contributed by atoms with Crippen LogP contribution in [0, 0.1) is 0 Å². The van der Waals surface area contributed by atoms with E-state index >= 15 is 0 Å². The molecule has 2 heterocycles. The van der Waals surface area contributed by atoms with Crippen LogP contribution in [0.2, 0.25) is 0 Å². The van der Waals surface area contributed by atoms with Crippen molar-refractivity contribution in [3.8, 4) is 0 Å². The third-order valence-corrected chi connectivity index (χ3v) is 4.14. The van der Waals surface area contributed by atoms with E-state index in [1.807, 2.05) is 13.8 Å². The van der Waals surface area contributed by atoms with E-state index in [1.54, 1.807) is 29.4 Å². The average Bonchev–Trinajstić information content (AvgIpc) is 3.07. The summed E-state index contributed by atoms with van der Waals surface area (Å²) < 4.78 is 33.8. The van der Waals surface area contributed by atoms with Crippen molar-refractivity contribution in [1.29, 1.82) is 0 Å². The minimum atomic E-state index is -3.61. The van der Waals surface area contributed by atoms with Crippen LogP contribution in [0.15, 0.2) is 40.4 Å². The zero-order valence-corrected chi connectivity index (χ0v) is 12.9. The van der Waals surface area contributed by atoms with Crippen molar-refractivity contribution >= 4 is 10.0 Å². The number of nitrogens with zero attached hydrogens (tertiary/aromatic N) is 2. The maximum Gasteiger partial charge on any atom is 0.274 e. The first kappa shape index (κ1) is 15.7. The SMILES string of the molecule is CC(C)NCc1ccc(S(=O)(=O)NCCn2ccnc2)o1. The van der Waals surface area contributed by atoms with Gasteiger partial charge in [-0.1, -0.05) is 13.8 Å². The second-order valence-corrected chi connectivity index (χ2v) is 6.65. The van der Waals surface area contributed by atoms with Gasteiger partial charge < -0.3 is 14.3 Å². The van der Waals surface area contributed by atoms with Gasteiger partial charge in [-0.15, -0.1) is 0 Å². The van der Waals surface area contributed by atoms with Crippen LogP contribution < -0.4 is 10.0 Å². The Kier molecular flexibility index (Phi) is 5.16. The number of nitrogens with one attached hydrogen (secondary N) is 2. The molecule has 7 nitrogen and oxygen atoms in total. The predicted octanol–water partition coefficient (Wildman–Crippen LogP) is 0.953. The smallest absolute Gasteiger partial charge is 0.274 e. The summed E-state index contributed by atoms with van der Waals surface area (Å²) in [5.74, 6) is 0.596. The van der Waals surface area contributed by atoms with E-state index in [2.05, 4.69) is 15.0 Å². The van der Waals surface area contributed by atoms with Crippen LogP contribution in [0.4, 0.5) is 0 Å². The van der Waals surface area contributed by atoms with E-state index in [0.717, 1.165) is 0 Å². The number of hydrogen-bond acceptors (Lipinski definition) is 5. The second-order valence-electron chi connectivity index (χ2n) is 4.95. The van der Waals surface area contributed by atoms with Crippen molar-refractivity contribution in [2.45, 2.75) is 38.1 Å². The highest BCUT2D eigenvalue weighted by Crippen LogP contribution is 2.13. The zero-order chi connectivity index (χ0) is 15.3. The molecule has 0 radical (unpaired) electrons. The lowest BCUT2D eigenvalue weighted by atomic mass is 10.3. The van der Waals surface area contributed by atoms with Crippen LogP contribution >= 0.6 is 0 Å². The normalized spacial score (nSPS) is 12.1. The molecule has 2 rings (SSSR count). The van der Waals surface area contributed by atoms with E-state index in [0.29, 0.717) is 24.9 Å².